The van der Waals surface area contributed by atoms with Gasteiger partial charge in [0, 0.05) is 6.42 Å². The minimum absolute atomic E-state index is 0.144. The van der Waals surface area contributed by atoms with Crippen LogP contribution in [0, 0.1) is 10.1 Å². The van der Waals surface area contributed by atoms with E-state index in [2.05, 4.69) is 4.84 Å². The molecule has 0 spiro atoms. The molecule has 0 aliphatic rings. The fourth-order valence-corrected chi connectivity index (χ4v) is 2.15. The lowest BCUT2D eigenvalue weighted by atomic mass is 10.0. The Kier molecular flexibility index (Phi) is 11.7. The predicted octanol–water partition coefficient (Wildman–Crippen LogP) is 2.18. The van der Waals surface area contributed by atoms with Gasteiger partial charge in [-0.25, -0.2) is 0 Å². The first kappa shape index (κ1) is 18.2. The summed E-state index contributed by atoms with van der Waals surface area (Å²) in [5.74, 6) is 1.06. The summed E-state index contributed by atoms with van der Waals surface area (Å²) in [6, 6.07) is -0.319. The number of hydrogen-bond donors (Lipinski definition) is 1. The van der Waals surface area contributed by atoms with Gasteiger partial charge in [-0.15, -0.1) is 10.1 Å². The third-order valence-corrected chi connectivity index (χ3v) is 3.45. The van der Waals surface area contributed by atoms with Crippen LogP contribution in [0.5, 0.6) is 0 Å². The van der Waals surface area contributed by atoms with Crippen molar-refractivity contribution in [2.75, 3.05) is 18.6 Å². The maximum absolute atomic E-state index is 11.6. The van der Waals surface area contributed by atoms with Gasteiger partial charge in [-0.3, -0.25) is 4.79 Å². The molecule has 0 radical (unpaired) electrons. The Hall–Kier alpha value is -0.820. The molecule has 19 heavy (non-hydrogen) atoms. The molecule has 2 N–H and O–H groups in total. The lowest BCUT2D eigenvalue weighted by Gasteiger charge is -2.09. The Balaban J connectivity index is 3.33. The number of nitrogens with two attached hydrogens (primary N) is 1. The van der Waals surface area contributed by atoms with Crippen molar-refractivity contribution in [2.24, 2.45) is 5.73 Å². The Morgan fingerprint density at radius 1 is 1.32 bits per heavy atom. The SMILES string of the molecule is CSCCC(N)C(=O)CCCCCCCO[N+](=O)[O-]. The van der Waals surface area contributed by atoms with Crippen LogP contribution in [0.25, 0.3) is 0 Å². The van der Waals surface area contributed by atoms with Crippen LogP contribution in [0.4, 0.5) is 0 Å². The van der Waals surface area contributed by atoms with Gasteiger partial charge < -0.3 is 10.6 Å². The number of carbonyl (C=O) groups excluding carboxylic acids is 1. The molecule has 0 rings (SSSR count). The largest absolute Gasteiger partial charge is 0.321 e. The van der Waals surface area contributed by atoms with Gasteiger partial charge in [0.15, 0.2) is 0 Å². The molecule has 0 aromatic heterocycles. The molecule has 0 aromatic rings. The molecule has 7 heteroatoms. The van der Waals surface area contributed by atoms with E-state index in [0.717, 1.165) is 37.9 Å². The molecule has 112 valence electrons. The number of Topliss-reactive ketones (excluding diaryl/α,β-unsaturated/α-hetero) is 1. The van der Waals surface area contributed by atoms with E-state index in [-0.39, 0.29) is 18.4 Å². The highest BCUT2D eigenvalue weighted by atomic mass is 32.2. The number of ketones is 1. The van der Waals surface area contributed by atoms with Gasteiger partial charge in [-0.2, -0.15) is 11.8 Å². The first-order valence-corrected chi connectivity index (χ1v) is 8.02. The standard InChI is InChI=1S/C12H24N2O4S/c1-19-10-8-11(13)12(15)7-5-3-2-4-6-9-18-14(16)17/h11H,2-10,13H2,1H3. The molecule has 6 nitrogen and oxygen atoms in total. The molecule has 0 bridgehead atoms. The second kappa shape index (κ2) is 12.2. The summed E-state index contributed by atoms with van der Waals surface area (Å²) >= 11 is 1.70. The number of thioether (sulfide) groups is 1. The third kappa shape index (κ3) is 12.0. The first-order chi connectivity index (χ1) is 9.07. The Bertz CT molecular complexity index is 264. The summed E-state index contributed by atoms with van der Waals surface area (Å²) in [6.07, 6.45) is 7.64. The fourth-order valence-electron chi connectivity index (χ4n) is 1.66. The van der Waals surface area contributed by atoms with Gasteiger partial charge in [-0.1, -0.05) is 19.3 Å². The number of unbranched alkanes of at least 4 members (excludes halogenated alkanes) is 4. The normalized spacial score (nSPS) is 12.1. The molecule has 0 saturated carbocycles. The van der Waals surface area contributed by atoms with Gasteiger partial charge in [0.1, 0.15) is 5.78 Å². The van der Waals surface area contributed by atoms with Gasteiger partial charge >= 0.3 is 0 Å². The van der Waals surface area contributed by atoms with Gasteiger partial charge in [-0.05, 0) is 31.3 Å². The van der Waals surface area contributed by atoms with Crippen LogP contribution in [-0.2, 0) is 9.63 Å². The summed E-state index contributed by atoms with van der Waals surface area (Å²) in [5, 5.41) is 9.11. The second-order valence-corrected chi connectivity index (χ2v) is 5.41. The lowest BCUT2D eigenvalue weighted by Crippen LogP contribution is -2.30. The van der Waals surface area contributed by atoms with Crippen molar-refractivity contribution < 1.29 is 14.7 Å². The third-order valence-electron chi connectivity index (χ3n) is 2.81. The fraction of sp³-hybridized carbons (Fsp3) is 0.917. The van der Waals surface area contributed by atoms with Gasteiger partial charge in [0.05, 0.1) is 12.6 Å². The average Bonchev–Trinajstić information content (AvgIpc) is 2.38. The molecule has 0 fully saturated rings. The lowest BCUT2D eigenvalue weighted by molar-refractivity contribution is -0.757. The molecule has 1 unspecified atom stereocenters. The van der Waals surface area contributed by atoms with Crippen molar-refractivity contribution >= 4 is 17.5 Å². The number of hydrogen-bond acceptors (Lipinski definition) is 6. The molecule has 0 aliphatic carbocycles. The smallest absolute Gasteiger partial charge is 0.294 e. The van der Waals surface area contributed by atoms with Crippen molar-refractivity contribution in [2.45, 2.75) is 51.0 Å². The van der Waals surface area contributed by atoms with E-state index in [1.807, 2.05) is 6.26 Å². The molecular formula is C12H24N2O4S. The summed E-state index contributed by atoms with van der Waals surface area (Å²) in [7, 11) is 0. The van der Waals surface area contributed by atoms with Crippen LogP contribution < -0.4 is 5.73 Å². The Morgan fingerprint density at radius 3 is 2.58 bits per heavy atom. The second-order valence-electron chi connectivity index (χ2n) is 4.43. The minimum Gasteiger partial charge on any atom is -0.321 e. The van der Waals surface area contributed by atoms with Crippen LogP contribution in [0.3, 0.4) is 0 Å². The number of rotatable bonds is 13. The van der Waals surface area contributed by atoms with Crippen molar-refractivity contribution in [1.82, 2.24) is 0 Å². The van der Waals surface area contributed by atoms with Gasteiger partial charge in [0.25, 0.3) is 5.09 Å². The van der Waals surface area contributed by atoms with Crippen molar-refractivity contribution in [3.63, 3.8) is 0 Å². The summed E-state index contributed by atoms with van der Waals surface area (Å²) in [4.78, 5) is 25.7. The number of nitrogens with zero attached hydrogens (tertiary/aromatic N) is 1. The van der Waals surface area contributed by atoms with E-state index in [1.54, 1.807) is 11.8 Å². The van der Waals surface area contributed by atoms with Gasteiger partial charge in [0.2, 0.25) is 0 Å². The number of carbonyl (C=O) groups is 1. The van der Waals surface area contributed by atoms with E-state index in [9.17, 15) is 14.9 Å². The highest BCUT2D eigenvalue weighted by Gasteiger charge is 2.11. The van der Waals surface area contributed by atoms with Crippen LogP contribution in [0.2, 0.25) is 0 Å². The van der Waals surface area contributed by atoms with E-state index in [1.165, 1.54) is 0 Å². The zero-order valence-electron chi connectivity index (χ0n) is 11.5. The van der Waals surface area contributed by atoms with Crippen molar-refractivity contribution in [1.29, 1.82) is 0 Å². The molecule has 0 amide bonds. The minimum atomic E-state index is -0.769. The maximum Gasteiger partial charge on any atom is 0.294 e. The zero-order valence-corrected chi connectivity index (χ0v) is 12.3. The first-order valence-electron chi connectivity index (χ1n) is 6.62. The predicted molar refractivity (Wildman–Crippen MR) is 76.6 cm³/mol. The quantitative estimate of drug-likeness (QED) is 0.317. The summed E-state index contributed by atoms with van der Waals surface area (Å²) < 4.78 is 0. The summed E-state index contributed by atoms with van der Waals surface area (Å²) in [6.45, 7) is 0.158. The highest BCUT2D eigenvalue weighted by Crippen LogP contribution is 2.08. The van der Waals surface area contributed by atoms with Crippen LogP contribution in [-0.4, -0.2) is 35.5 Å². The van der Waals surface area contributed by atoms with Crippen molar-refractivity contribution in [3.8, 4) is 0 Å². The van der Waals surface area contributed by atoms with E-state index < -0.39 is 5.09 Å². The topological polar surface area (TPSA) is 95.5 Å². The maximum atomic E-state index is 11.6. The van der Waals surface area contributed by atoms with Crippen LogP contribution in [0.1, 0.15) is 44.9 Å². The van der Waals surface area contributed by atoms with E-state index in [0.29, 0.717) is 12.8 Å². The van der Waals surface area contributed by atoms with Crippen LogP contribution >= 0.6 is 11.8 Å². The molecule has 0 aromatic carbocycles. The Labute approximate surface area is 118 Å². The molecule has 0 saturated heterocycles. The molecule has 1 atom stereocenters. The zero-order chi connectivity index (χ0) is 14.5. The molecular weight excluding hydrogens is 268 g/mol. The molecule has 0 aliphatic heterocycles. The van der Waals surface area contributed by atoms with Crippen molar-refractivity contribution in [3.05, 3.63) is 10.1 Å². The monoisotopic (exact) mass is 292 g/mol. The van der Waals surface area contributed by atoms with E-state index in [4.69, 9.17) is 5.73 Å². The summed E-state index contributed by atoms with van der Waals surface area (Å²) in [5.41, 5.74) is 5.77. The van der Waals surface area contributed by atoms with Crippen LogP contribution in [0.15, 0.2) is 0 Å². The highest BCUT2D eigenvalue weighted by molar-refractivity contribution is 7.98. The Morgan fingerprint density at radius 2 is 1.95 bits per heavy atom. The average molecular weight is 292 g/mol. The van der Waals surface area contributed by atoms with E-state index >= 15 is 0 Å². The molecule has 0 heterocycles.